The first-order valence-electron chi connectivity index (χ1n) is 7.59. The molecule has 0 spiro atoms. The van der Waals surface area contributed by atoms with Crippen molar-refractivity contribution in [1.82, 2.24) is 15.2 Å². The van der Waals surface area contributed by atoms with E-state index in [4.69, 9.17) is 5.73 Å². The lowest BCUT2D eigenvalue weighted by Gasteiger charge is -2.31. The molecule has 0 aliphatic heterocycles. The van der Waals surface area contributed by atoms with Crippen molar-refractivity contribution in [3.63, 3.8) is 0 Å². The van der Waals surface area contributed by atoms with Gasteiger partial charge in [-0.15, -0.1) is 0 Å². The molecule has 1 aliphatic carbocycles. The molecule has 4 N–H and O–H groups in total. The first kappa shape index (κ1) is 14.9. The van der Waals surface area contributed by atoms with Crippen molar-refractivity contribution in [1.29, 1.82) is 0 Å². The van der Waals surface area contributed by atoms with Gasteiger partial charge in [0, 0.05) is 24.5 Å². The maximum atomic E-state index is 11.8. The van der Waals surface area contributed by atoms with Gasteiger partial charge in [-0.05, 0) is 38.9 Å². The number of hydrogen-bond donors (Lipinski definition) is 3. The molecular formula is C15H26N4O. The van der Waals surface area contributed by atoms with E-state index in [-0.39, 0.29) is 5.91 Å². The maximum Gasteiger partial charge on any atom is 0.267 e. The molecular weight excluding hydrogens is 252 g/mol. The van der Waals surface area contributed by atoms with Crippen LogP contribution in [0.3, 0.4) is 0 Å². The molecule has 0 bridgehead atoms. The molecule has 1 aromatic rings. The number of rotatable bonds is 6. The lowest BCUT2D eigenvalue weighted by Crippen LogP contribution is -2.35. The summed E-state index contributed by atoms with van der Waals surface area (Å²) >= 11 is 0. The number of amides is 1. The standard InChI is InChI=1S/C15H26N4O/c1-19(13-6-3-2-4-7-13)9-5-8-17-15(20)14-10-12(16)11-18-14/h10-11,13,18H,2-9,16H2,1H3,(H,17,20). The average molecular weight is 278 g/mol. The summed E-state index contributed by atoms with van der Waals surface area (Å²) in [6.07, 6.45) is 9.37. The molecule has 1 amide bonds. The Morgan fingerprint density at radius 3 is 2.85 bits per heavy atom. The van der Waals surface area contributed by atoms with Gasteiger partial charge in [-0.25, -0.2) is 0 Å². The van der Waals surface area contributed by atoms with Crippen molar-refractivity contribution in [2.45, 2.75) is 44.6 Å². The molecule has 1 heterocycles. The second-order valence-electron chi connectivity index (χ2n) is 5.73. The highest BCUT2D eigenvalue weighted by atomic mass is 16.1. The Hall–Kier alpha value is -1.49. The predicted molar refractivity (Wildman–Crippen MR) is 81.7 cm³/mol. The van der Waals surface area contributed by atoms with E-state index in [9.17, 15) is 4.79 Å². The van der Waals surface area contributed by atoms with Crippen molar-refractivity contribution < 1.29 is 4.79 Å². The van der Waals surface area contributed by atoms with Crippen molar-refractivity contribution in [2.75, 3.05) is 25.9 Å². The Bertz CT molecular complexity index is 423. The molecule has 2 rings (SSSR count). The Morgan fingerprint density at radius 2 is 2.20 bits per heavy atom. The van der Waals surface area contributed by atoms with Crippen LogP contribution in [0.1, 0.15) is 49.0 Å². The van der Waals surface area contributed by atoms with Gasteiger partial charge in [0.15, 0.2) is 0 Å². The molecule has 1 fully saturated rings. The topological polar surface area (TPSA) is 74.2 Å². The van der Waals surface area contributed by atoms with Gasteiger partial charge in [-0.2, -0.15) is 0 Å². The average Bonchev–Trinajstić information content (AvgIpc) is 2.91. The Kier molecular flexibility index (Phi) is 5.47. The van der Waals surface area contributed by atoms with E-state index in [1.54, 1.807) is 12.3 Å². The molecule has 20 heavy (non-hydrogen) atoms. The molecule has 5 nitrogen and oxygen atoms in total. The van der Waals surface area contributed by atoms with Crippen LogP contribution in [0, 0.1) is 0 Å². The lowest BCUT2D eigenvalue weighted by atomic mass is 9.94. The molecule has 0 aromatic carbocycles. The number of carbonyl (C=O) groups excluding carboxylic acids is 1. The number of H-pyrrole nitrogens is 1. The van der Waals surface area contributed by atoms with E-state index in [2.05, 4.69) is 22.2 Å². The largest absolute Gasteiger partial charge is 0.397 e. The number of hydrogen-bond acceptors (Lipinski definition) is 3. The molecule has 112 valence electrons. The summed E-state index contributed by atoms with van der Waals surface area (Å²) < 4.78 is 0. The van der Waals surface area contributed by atoms with Crippen LogP contribution in [0.4, 0.5) is 5.69 Å². The molecule has 5 heteroatoms. The van der Waals surface area contributed by atoms with Crippen LogP contribution in [0.15, 0.2) is 12.3 Å². The summed E-state index contributed by atoms with van der Waals surface area (Å²) in [6.45, 7) is 1.74. The number of nitrogens with two attached hydrogens (primary N) is 1. The van der Waals surface area contributed by atoms with Crippen LogP contribution >= 0.6 is 0 Å². The van der Waals surface area contributed by atoms with Crippen LogP contribution in [0.25, 0.3) is 0 Å². The summed E-state index contributed by atoms with van der Waals surface area (Å²) in [7, 11) is 2.20. The second kappa shape index (κ2) is 7.33. The minimum Gasteiger partial charge on any atom is -0.397 e. The quantitative estimate of drug-likeness (QED) is 0.697. The fraction of sp³-hybridized carbons (Fsp3) is 0.667. The smallest absolute Gasteiger partial charge is 0.267 e. The normalized spacial score (nSPS) is 16.5. The number of carbonyl (C=O) groups is 1. The summed E-state index contributed by atoms with van der Waals surface area (Å²) in [5.74, 6) is -0.0815. The number of aromatic nitrogens is 1. The van der Waals surface area contributed by atoms with E-state index in [1.807, 2.05) is 0 Å². The van der Waals surface area contributed by atoms with Gasteiger partial charge < -0.3 is 20.9 Å². The highest BCUT2D eigenvalue weighted by Crippen LogP contribution is 2.21. The highest BCUT2D eigenvalue weighted by molar-refractivity contribution is 5.93. The zero-order valence-corrected chi connectivity index (χ0v) is 12.3. The molecule has 1 aliphatic rings. The monoisotopic (exact) mass is 278 g/mol. The highest BCUT2D eigenvalue weighted by Gasteiger charge is 2.17. The number of nitrogens with one attached hydrogen (secondary N) is 2. The van der Waals surface area contributed by atoms with E-state index >= 15 is 0 Å². The van der Waals surface area contributed by atoms with Crippen molar-refractivity contribution in [3.8, 4) is 0 Å². The number of nitrogens with zero attached hydrogens (tertiary/aromatic N) is 1. The van der Waals surface area contributed by atoms with Crippen molar-refractivity contribution >= 4 is 11.6 Å². The van der Waals surface area contributed by atoms with E-state index < -0.39 is 0 Å². The third-order valence-corrected chi connectivity index (χ3v) is 4.12. The predicted octanol–water partition coefficient (Wildman–Crippen LogP) is 1.98. The first-order valence-corrected chi connectivity index (χ1v) is 7.59. The minimum atomic E-state index is -0.0815. The van der Waals surface area contributed by atoms with Crippen molar-refractivity contribution in [3.05, 3.63) is 18.0 Å². The molecule has 0 radical (unpaired) electrons. The van der Waals surface area contributed by atoms with Gasteiger partial charge in [0.1, 0.15) is 5.69 Å². The van der Waals surface area contributed by atoms with Gasteiger partial charge in [0.05, 0.1) is 0 Å². The third-order valence-electron chi connectivity index (χ3n) is 4.12. The fourth-order valence-electron chi connectivity index (χ4n) is 2.87. The van der Waals surface area contributed by atoms with Crippen molar-refractivity contribution in [2.24, 2.45) is 0 Å². The van der Waals surface area contributed by atoms with Gasteiger partial charge in [0.25, 0.3) is 5.91 Å². The van der Waals surface area contributed by atoms with Gasteiger partial charge in [-0.1, -0.05) is 19.3 Å². The second-order valence-corrected chi connectivity index (χ2v) is 5.73. The molecule has 1 saturated carbocycles. The van der Waals surface area contributed by atoms with Crippen LogP contribution in [0.5, 0.6) is 0 Å². The lowest BCUT2D eigenvalue weighted by molar-refractivity contribution is 0.0946. The van der Waals surface area contributed by atoms with Crippen LogP contribution < -0.4 is 11.1 Å². The Labute approximate surface area is 120 Å². The van der Waals surface area contributed by atoms with E-state index in [1.165, 1.54) is 32.1 Å². The van der Waals surface area contributed by atoms with E-state index in [0.29, 0.717) is 17.9 Å². The number of aromatic amines is 1. The first-order chi connectivity index (χ1) is 9.66. The minimum absolute atomic E-state index is 0.0815. The molecule has 0 unspecified atom stereocenters. The van der Waals surface area contributed by atoms with Gasteiger partial charge >= 0.3 is 0 Å². The third kappa shape index (κ3) is 4.27. The molecule has 0 atom stereocenters. The SMILES string of the molecule is CN(CCCNC(=O)c1cc(N)c[nH]1)C1CCCCC1. The number of nitrogen functional groups attached to an aromatic ring is 1. The maximum absolute atomic E-state index is 11.8. The summed E-state index contributed by atoms with van der Waals surface area (Å²) in [5, 5.41) is 2.92. The summed E-state index contributed by atoms with van der Waals surface area (Å²) in [6, 6.07) is 2.39. The zero-order chi connectivity index (χ0) is 14.4. The van der Waals surface area contributed by atoms with Gasteiger partial charge in [-0.3, -0.25) is 4.79 Å². The number of anilines is 1. The van der Waals surface area contributed by atoms with Gasteiger partial charge in [0.2, 0.25) is 0 Å². The summed E-state index contributed by atoms with van der Waals surface area (Å²) in [4.78, 5) is 17.1. The fourth-order valence-corrected chi connectivity index (χ4v) is 2.87. The Morgan fingerprint density at radius 1 is 1.45 bits per heavy atom. The van der Waals surface area contributed by atoms with Crippen LogP contribution in [-0.4, -0.2) is 42.0 Å². The molecule has 1 aromatic heterocycles. The Balaban J connectivity index is 1.62. The van der Waals surface area contributed by atoms with Crippen LogP contribution in [-0.2, 0) is 0 Å². The van der Waals surface area contributed by atoms with Crippen LogP contribution in [0.2, 0.25) is 0 Å². The molecule has 0 saturated heterocycles. The van der Waals surface area contributed by atoms with E-state index in [0.717, 1.165) is 19.0 Å². The summed E-state index contributed by atoms with van der Waals surface area (Å²) in [5.41, 5.74) is 6.70. The zero-order valence-electron chi connectivity index (χ0n) is 12.3.